The molecule has 3 unspecified atom stereocenters. The SMILES string of the molecule is CCC(C(=O)O)C(C)NC(=O)CC1CCN(c2ccc(C=NN)cc2)C1=O. The first kappa shape index (κ1) is 20.4. The monoisotopic (exact) mass is 374 g/mol. The molecule has 0 spiro atoms. The molecule has 2 amide bonds. The molecule has 1 aliphatic rings. The molecule has 0 aliphatic carbocycles. The maximum Gasteiger partial charge on any atom is 0.308 e. The van der Waals surface area contributed by atoms with Crippen LogP contribution in [0.3, 0.4) is 0 Å². The molecule has 1 aromatic carbocycles. The predicted molar refractivity (Wildman–Crippen MR) is 102 cm³/mol. The van der Waals surface area contributed by atoms with Gasteiger partial charge in [0.1, 0.15) is 0 Å². The van der Waals surface area contributed by atoms with Crippen molar-refractivity contribution < 1.29 is 19.5 Å². The standard InChI is InChI=1S/C19H26N4O4/c1-3-16(19(26)27)12(2)22-17(24)10-14-8-9-23(18(14)25)15-6-4-13(5-7-15)11-21-20/h4-7,11-12,14,16H,3,8-10,20H2,1-2H3,(H,22,24)(H,26,27). The maximum atomic E-state index is 12.6. The minimum absolute atomic E-state index is 0.0631. The fourth-order valence-electron chi connectivity index (χ4n) is 3.39. The molecule has 2 rings (SSSR count). The van der Waals surface area contributed by atoms with Crippen LogP contribution in [0.25, 0.3) is 0 Å². The van der Waals surface area contributed by atoms with Gasteiger partial charge in [0.05, 0.1) is 12.1 Å². The summed E-state index contributed by atoms with van der Waals surface area (Å²) in [4.78, 5) is 37.7. The molecule has 27 heavy (non-hydrogen) atoms. The van der Waals surface area contributed by atoms with Gasteiger partial charge in [-0.3, -0.25) is 14.4 Å². The van der Waals surface area contributed by atoms with Gasteiger partial charge < -0.3 is 21.2 Å². The van der Waals surface area contributed by atoms with E-state index >= 15 is 0 Å². The second-order valence-corrected chi connectivity index (χ2v) is 6.76. The summed E-state index contributed by atoms with van der Waals surface area (Å²) in [5.41, 5.74) is 1.60. The fraction of sp³-hybridized carbons (Fsp3) is 0.474. The Morgan fingerprint density at radius 2 is 2.07 bits per heavy atom. The van der Waals surface area contributed by atoms with Crippen molar-refractivity contribution in [3.05, 3.63) is 29.8 Å². The average molecular weight is 374 g/mol. The molecular formula is C19H26N4O4. The molecule has 8 heteroatoms. The number of carbonyl (C=O) groups excluding carboxylic acids is 2. The summed E-state index contributed by atoms with van der Waals surface area (Å²) in [5, 5.41) is 15.3. The van der Waals surface area contributed by atoms with Crippen molar-refractivity contribution in [2.75, 3.05) is 11.4 Å². The summed E-state index contributed by atoms with van der Waals surface area (Å²) in [7, 11) is 0. The molecule has 0 saturated carbocycles. The highest BCUT2D eigenvalue weighted by Gasteiger charge is 2.34. The van der Waals surface area contributed by atoms with Gasteiger partial charge in [0.15, 0.2) is 0 Å². The van der Waals surface area contributed by atoms with Crippen molar-refractivity contribution in [2.24, 2.45) is 22.8 Å². The molecule has 1 saturated heterocycles. The number of benzene rings is 1. The number of hydrogen-bond donors (Lipinski definition) is 3. The molecule has 8 nitrogen and oxygen atoms in total. The van der Waals surface area contributed by atoms with Gasteiger partial charge in [-0.2, -0.15) is 5.10 Å². The summed E-state index contributed by atoms with van der Waals surface area (Å²) >= 11 is 0. The lowest BCUT2D eigenvalue weighted by Gasteiger charge is -2.21. The minimum atomic E-state index is -0.934. The van der Waals surface area contributed by atoms with Crippen LogP contribution in [0.15, 0.2) is 29.4 Å². The van der Waals surface area contributed by atoms with E-state index in [1.54, 1.807) is 18.7 Å². The van der Waals surface area contributed by atoms with E-state index in [-0.39, 0.29) is 18.2 Å². The van der Waals surface area contributed by atoms with E-state index in [0.717, 1.165) is 11.3 Å². The van der Waals surface area contributed by atoms with Crippen molar-refractivity contribution >= 4 is 29.7 Å². The molecule has 0 bridgehead atoms. The van der Waals surface area contributed by atoms with Gasteiger partial charge in [-0.25, -0.2) is 0 Å². The number of nitrogens with two attached hydrogens (primary N) is 1. The Bertz CT molecular complexity index is 717. The first-order chi connectivity index (χ1) is 12.9. The van der Waals surface area contributed by atoms with Crippen molar-refractivity contribution in [3.63, 3.8) is 0 Å². The van der Waals surface area contributed by atoms with Gasteiger partial charge in [-0.05, 0) is 37.5 Å². The molecule has 3 atom stereocenters. The van der Waals surface area contributed by atoms with Crippen LogP contribution < -0.4 is 16.1 Å². The molecule has 4 N–H and O–H groups in total. The van der Waals surface area contributed by atoms with Gasteiger partial charge in [0.2, 0.25) is 11.8 Å². The van der Waals surface area contributed by atoms with E-state index in [9.17, 15) is 14.4 Å². The highest BCUT2D eigenvalue weighted by atomic mass is 16.4. The number of rotatable bonds is 8. The maximum absolute atomic E-state index is 12.6. The summed E-state index contributed by atoms with van der Waals surface area (Å²) in [6.07, 6.45) is 2.60. The number of carboxylic acid groups (broad SMARTS) is 1. The summed E-state index contributed by atoms with van der Waals surface area (Å²) in [6.45, 7) is 3.99. The molecule has 0 aromatic heterocycles. The Morgan fingerprint density at radius 3 is 2.63 bits per heavy atom. The minimum Gasteiger partial charge on any atom is -0.481 e. The van der Waals surface area contributed by atoms with Crippen molar-refractivity contribution in [1.82, 2.24) is 5.32 Å². The highest BCUT2D eigenvalue weighted by molar-refractivity contribution is 5.99. The van der Waals surface area contributed by atoms with Crippen LogP contribution in [-0.2, 0) is 14.4 Å². The quantitative estimate of drug-likeness (QED) is 0.360. The van der Waals surface area contributed by atoms with Crippen LogP contribution in [0.1, 0.15) is 38.7 Å². The first-order valence-corrected chi connectivity index (χ1v) is 9.04. The number of anilines is 1. The zero-order chi connectivity index (χ0) is 20.0. The average Bonchev–Trinajstić information content (AvgIpc) is 2.96. The van der Waals surface area contributed by atoms with Crippen LogP contribution in [0, 0.1) is 11.8 Å². The van der Waals surface area contributed by atoms with E-state index in [1.807, 2.05) is 24.3 Å². The van der Waals surface area contributed by atoms with E-state index < -0.39 is 23.8 Å². The van der Waals surface area contributed by atoms with Crippen LogP contribution >= 0.6 is 0 Å². The van der Waals surface area contributed by atoms with Crippen LogP contribution in [0.5, 0.6) is 0 Å². The number of amides is 2. The predicted octanol–water partition coefficient (Wildman–Crippen LogP) is 1.34. The topological polar surface area (TPSA) is 125 Å². The zero-order valence-electron chi connectivity index (χ0n) is 15.6. The summed E-state index contributed by atoms with van der Waals surface area (Å²) in [5.74, 6) is 2.76. The normalized spacial score (nSPS) is 19.3. The van der Waals surface area contributed by atoms with Gasteiger partial charge in [-0.15, -0.1) is 0 Å². The lowest BCUT2D eigenvalue weighted by Crippen LogP contribution is -2.42. The highest BCUT2D eigenvalue weighted by Crippen LogP contribution is 2.27. The Kier molecular flexibility index (Phi) is 6.92. The molecule has 146 valence electrons. The molecule has 1 aliphatic heterocycles. The van der Waals surface area contributed by atoms with E-state index in [1.165, 1.54) is 6.21 Å². The van der Waals surface area contributed by atoms with E-state index in [0.29, 0.717) is 19.4 Å². The fourth-order valence-corrected chi connectivity index (χ4v) is 3.39. The summed E-state index contributed by atoms with van der Waals surface area (Å²) in [6, 6.07) is 6.79. The number of hydrogen-bond acceptors (Lipinski definition) is 5. The van der Waals surface area contributed by atoms with Gasteiger partial charge in [-0.1, -0.05) is 19.1 Å². The Hall–Kier alpha value is -2.90. The molecule has 1 fully saturated rings. The number of carboxylic acids is 1. The van der Waals surface area contributed by atoms with E-state index in [2.05, 4.69) is 10.4 Å². The van der Waals surface area contributed by atoms with Gasteiger partial charge in [0, 0.05) is 30.6 Å². The zero-order valence-corrected chi connectivity index (χ0v) is 15.6. The van der Waals surface area contributed by atoms with Crippen molar-refractivity contribution in [2.45, 2.75) is 39.2 Å². The Labute approximate surface area is 158 Å². The third-order valence-corrected chi connectivity index (χ3v) is 4.93. The Balaban J connectivity index is 1.94. The van der Waals surface area contributed by atoms with E-state index in [4.69, 9.17) is 10.9 Å². The number of carbonyl (C=O) groups is 3. The van der Waals surface area contributed by atoms with Crippen LogP contribution in [-0.4, -0.2) is 41.7 Å². The second-order valence-electron chi connectivity index (χ2n) is 6.76. The Morgan fingerprint density at radius 1 is 1.41 bits per heavy atom. The number of aliphatic carboxylic acids is 1. The van der Waals surface area contributed by atoms with Gasteiger partial charge >= 0.3 is 5.97 Å². The number of nitrogens with one attached hydrogen (secondary N) is 1. The second kappa shape index (κ2) is 9.16. The molecule has 0 radical (unpaired) electrons. The first-order valence-electron chi connectivity index (χ1n) is 9.04. The molecular weight excluding hydrogens is 348 g/mol. The third kappa shape index (κ3) is 5.06. The van der Waals surface area contributed by atoms with Crippen molar-refractivity contribution in [1.29, 1.82) is 0 Å². The molecule has 1 aromatic rings. The largest absolute Gasteiger partial charge is 0.481 e. The third-order valence-electron chi connectivity index (χ3n) is 4.93. The van der Waals surface area contributed by atoms with Crippen LogP contribution in [0.2, 0.25) is 0 Å². The van der Waals surface area contributed by atoms with Crippen molar-refractivity contribution in [3.8, 4) is 0 Å². The number of hydrazone groups is 1. The van der Waals surface area contributed by atoms with Gasteiger partial charge in [0.25, 0.3) is 0 Å². The lowest BCUT2D eigenvalue weighted by molar-refractivity contribution is -0.143. The van der Waals surface area contributed by atoms with Crippen LogP contribution in [0.4, 0.5) is 5.69 Å². The number of nitrogens with zero attached hydrogens (tertiary/aromatic N) is 2. The molecule has 1 heterocycles. The lowest BCUT2D eigenvalue weighted by atomic mass is 9.97. The smallest absolute Gasteiger partial charge is 0.308 e. The summed E-state index contributed by atoms with van der Waals surface area (Å²) < 4.78 is 0.